The SMILES string of the molecule is O=C1C=CC(=O)OC(n2cncn2)(C(O)(Cn2cncn2)c2ccc(F)cc2F)O1. The van der Waals surface area contributed by atoms with Crippen molar-refractivity contribution < 1.29 is 33.0 Å². The molecule has 1 aliphatic rings. The Morgan fingerprint density at radius 2 is 1.70 bits per heavy atom. The zero-order valence-electron chi connectivity index (χ0n) is 14.9. The van der Waals surface area contributed by atoms with Crippen molar-refractivity contribution in [1.82, 2.24) is 29.5 Å². The molecular formula is C17H12F2N6O5. The van der Waals surface area contributed by atoms with Gasteiger partial charge in [-0.3, -0.25) is 0 Å². The van der Waals surface area contributed by atoms with Gasteiger partial charge in [0.05, 0.1) is 6.54 Å². The highest BCUT2D eigenvalue weighted by atomic mass is 19.1. The Morgan fingerprint density at radius 3 is 2.27 bits per heavy atom. The molecule has 0 fully saturated rings. The van der Waals surface area contributed by atoms with Gasteiger partial charge in [-0.15, -0.1) is 0 Å². The van der Waals surface area contributed by atoms with Crippen molar-refractivity contribution in [1.29, 1.82) is 0 Å². The molecule has 1 aliphatic heterocycles. The number of benzene rings is 1. The van der Waals surface area contributed by atoms with Crippen LogP contribution in [0.4, 0.5) is 8.78 Å². The van der Waals surface area contributed by atoms with E-state index in [9.17, 15) is 23.5 Å². The molecule has 11 nitrogen and oxygen atoms in total. The second-order valence-electron chi connectivity index (χ2n) is 6.17. The summed E-state index contributed by atoms with van der Waals surface area (Å²) in [5.74, 6) is -7.11. The number of hydrogen-bond acceptors (Lipinski definition) is 9. The van der Waals surface area contributed by atoms with Crippen LogP contribution in [0.3, 0.4) is 0 Å². The Hall–Kier alpha value is -4.00. The predicted octanol–water partition coefficient (Wildman–Crippen LogP) is 0.00230. The molecule has 1 N–H and O–H groups in total. The van der Waals surface area contributed by atoms with Crippen molar-refractivity contribution in [2.45, 2.75) is 18.1 Å². The fourth-order valence-corrected chi connectivity index (χ4v) is 3.04. The number of rotatable bonds is 5. The number of halogens is 2. The summed E-state index contributed by atoms with van der Waals surface area (Å²) in [6.07, 6.45) is 5.84. The quantitative estimate of drug-likeness (QED) is 0.568. The molecule has 13 heteroatoms. The predicted molar refractivity (Wildman–Crippen MR) is 89.6 cm³/mol. The van der Waals surface area contributed by atoms with Crippen molar-refractivity contribution in [3.05, 3.63) is 72.9 Å². The summed E-state index contributed by atoms with van der Waals surface area (Å²) < 4.78 is 40.8. The fraction of sp³-hybridized carbons (Fsp3) is 0.176. The number of aromatic nitrogens is 6. The number of hydrogen-bond donors (Lipinski definition) is 1. The minimum Gasteiger partial charge on any atom is -0.396 e. The van der Waals surface area contributed by atoms with Gasteiger partial charge in [0.25, 0.3) is 0 Å². The molecule has 1 unspecified atom stereocenters. The molecule has 4 rings (SSSR count). The van der Waals surface area contributed by atoms with Crippen molar-refractivity contribution in [2.24, 2.45) is 0 Å². The molecule has 0 bridgehead atoms. The monoisotopic (exact) mass is 418 g/mol. The van der Waals surface area contributed by atoms with Crippen molar-refractivity contribution >= 4 is 11.9 Å². The van der Waals surface area contributed by atoms with E-state index in [0.29, 0.717) is 6.07 Å². The minimum atomic E-state index is -2.77. The maximum absolute atomic E-state index is 14.8. The van der Waals surface area contributed by atoms with Crippen LogP contribution in [0.25, 0.3) is 0 Å². The molecule has 1 aromatic carbocycles. The van der Waals surface area contributed by atoms with Gasteiger partial charge in [0.2, 0.25) is 5.60 Å². The van der Waals surface area contributed by atoms with E-state index in [1.54, 1.807) is 0 Å². The lowest BCUT2D eigenvalue weighted by atomic mass is 9.88. The average molecular weight is 418 g/mol. The summed E-state index contributed by atoms with van der Waals surface area (Å²) >= 11 is 0. The van der Waals surface area contributed by atoms with Gasteiger partial charge >= 0.3 is 17.8 Å². The van der Waals surface area contributed by atoms with E-state index in [0.717, 1.165) is 52.6 Å². The van der Waals surface area contributed by atoms with Crippen molar-refractivity contribution in [3.63, 3.8) is 0 Å². The van der Waals surface area contributed by atoms with Gasteiger partial charge in [0.15, 0.2) is 0 Å². The maximum atomic E-state index is 14.8. The van der Waals surface area contributed by atoms with Crippen molar-refractivity contribution in [3.8, 4) is 0 Å². The van der Waals surface area contributed by atoms with Gasteiger partial charge in [-0.25, -0.2) is 33.0 Å². The normalized spacial score (nSPS) is 17.7. The molecule has 3 aromatic rings. The Bertz CT molecular complexity index is 1100. The first-order valence-electron chi connectivity index (χ1n) is 8.33. The molecule has 0 amide bonds. The largest absolute Gasteiger partial charge is 0.400 e. The zero-order valence-corrected chi connectivity index (χ0v) is 14.9. The van der Waals surface area contributed by atoms with E-state index in [1.165, 1.54) is 6.33 Å². The lowest BCUT2D eigenvalue weighted by molar-refractivity contribution is -0.350. The van der Waals surface area contributed by atoms with E-state index >= 15 is 0 Å². The molecule has 3 heterocycles. The third-order valence-electron chi connectivity index (χ3n) is 4.31. The van der Waals surface area contributed by atoms with Gasteiger partial charge in [-0.05, 0) is 12.1 Å². The maximum Gasteiger partial charge on any atom is 0.400 e. The zero-order chi connectivity index (χ0) is 21.4. The number of ether oxygens (including phenoxy) is 2. The molecule has 154 valence electrons. The van der Waals surface area contributed by atoms with Crippen LogP contribution >= 0.6 is 0 Å². The van der Waals surface area contributed by atoms with Crippen LogP contribution in [0, 0.1) is 11.6 Å². The standard InChI is InChI=1S/C17H12F2N6O5/c18-11-1-2-12(13(19)5-11)16(28,6-24-9-20-7-22-24)17(25-10-21-8-23-25)29-14(26)3-4-15(27)30-17/h1-5,7-10,28H,6H2. The highest BCUT2D eigenvalue weighted by Crippen LogP contribution is 2.44. The van der Waals surface area contributed by atoms with Gasteiger partial charge in [-0.1, -0.05) is 0 Å². The number of carbonyl (C=O) groups is 2. The van der Waals surface area contributed by atoms with E-state index in [2.05, 4.69) is 20.2 Å². The van der Waals surface area contributed by atoms with Gasteiger partial charge < -0.3 is 14.6 Å². The average Bonchev–Trinajstić information content (AvgIpc) is 3.37. The Labute approximate surface area is 166 Å². The first-order valence-corrected chi connectivity index (χ1v) is 8.33. The lowest BCUT2D eigenvalue weighted by Gasteiger charge is -2.43. The van der Waals surface area contributed by atoms with E-state index in [1.807, 2.05) is 0 Å². The van der Waals surface area contributed by atoms with Crippen LogP contribution in [-0.4, -0.2) is 46.6 Å². The van der Waals surface area contributed by atoms with Gasteiger partial charge in [0.1, 0.15) is 36.9 Å². The minimum absolute atomic E-state index is 0.509. The Balaban J connectivity index is 2.01. The summed E-state index contributed by atoms with van der Waals surface area (Å²) in [5.41, 5.74) is -3.28. The second kappa shape index (κ2) is 7.11. The molecule has 1 atom stereocenters. The van der Waals surface area contributed by atoms with Crippen LogP contribution < -0.4 is 0 Å². The summed E-state index contributed by atoms with van der Waals surface area (Å²) in [6, 6.07) is 2.30. The molecule has 2 aromatic heterocycles. The summed E-state index contributed by atoms with van der Waals surface area (Å²) in [5, 5.41) is 19.5. The van der Waals surface area contributed by atoms with E-state index in [4.69, 9.17) is 9.47 Å². The first-order chi connectivity index (χ1) is 14.3. The van der Waals surface area contributed by atoms with Crippen LogP contribution in [-0.2, 0) is 37.1 Å². The molecule has 0 radical (unpaired) electrons. The van der Waals surface area contributed by atoms with E-state index in [-0.39, 0.29) is 0 Å². The molecule has 0 saturated heterocycles. The van der Waals surface area contributed by atoms with Crippen molar-refractivity contribution in [2.75, 3.05) is 0 Å². The molecule has 30 heavy (non-hydrogen) atoms. The second-order valence-corrected chi connectivity index (χ2v) is 6.17. The fourth-order valence-electron chi connectivity index (χ4n) is 3.04. The number of carbonyl (C=O) groups excluding carboxylic acids is 2. The molecule has 0 saturated carbocycles. The highest BCUT2D eigenvalue weighted by Gasteiger charge is 2.63. The molecule has 0 spiro atoms. The van der Waals surface area contributed by atoms with Crippen LogP contribution in [0.2, 0.25) is 0 Å². The van der Waals surface area contributed by atoms with Gasteiger partial charge in [0, 0.05) is 23.8 Å². The van der Waals surface area contributed by atoms with Crippen LogP contribution in [0.15, 0.2) is 55.7 Å². The third kappa shape index (κ3) is 3.10. The Kier molecular flexibility index (Phi) is 4.58. The Morgan fingerprint density at radius 1 is 1.03 bits per heavy atom. The summed E-state index contributed by atoms with van der Waals surface area (Å²) in [7, 11) is 0. The van der Waals surface area contributed by atoms with Crippen LogP contribution in [0.5, 0.6) is 0 Å². The van der Waals surface area contributed by atoms with Gasteiger partial charge in [-0.2, -0.15) is 14.9 Å². The smallest absolute Gasteiger partial charge is 0.396 e. The molecule has 0 aliphatic carbocycles. The topological polar surface area (TPSA) is 134 Å². The van der Waals surface area contributed by atoms with E-state index < -0.39 is 47.2 Å². The lowest BCUT2D eigenvalue weighted by Crippen LogP contribution is -2.60. The summed E-state index contributed by atoms with van der Waals surface area (Å²) in [6.45, 7) is -0.643. The number of aliphatic hydroxyl groups is 1. The highest BCUT2D eigenvalue weighted by molar-refractivity contribution is 5.93. The molecular weight excluding hydrogens is 406 g/mol. The first kappa shape index (κ1) is 19.3. The number of esters is 2. The third-order valence-corrected chi connectivity index (χ3v) is 4.31. The van der Waals surface area contributed by atoms with Crippen LogP contribution in [0.1, 0.15) is 5.56 Å². The number of cyclic esters (lactones) is 2. The summed E-state index contributed by atoms with van der Waals surface area (Å²) in [4.78, 5) is 32.0. The number of nitrogens with zero attached hydrogens (tertiary/aromatic N) is 6.